The number of benzene rings is 2. The highest BCUT2D eigenvalue weighted by Crippen LogP contribution is 2.25. The predicted molar refractivity (Wildman–Crippen MR) is 103 cm³/mol. The summed E-state index contributed by atoms with van der Waals surface area (Å²) in [5.74, 6) is 0.651. The molecule has 0 N–H and O–H groups in total. The SMILES string of the molecule is COc1ccc(S(=O)(=O)N2CC(C)N(Cc3ccccc3)C(C)C2)cc1. The van der Waals surface area contributed by atoms with Crippen LogP contribution in [0.4, 0.5) is 0 Å². The zero-order chi connectivity index (χ0) is 18.7. The second-order valence-corrected chi connectivity index (χ2v) is 8.79. The summed E-state index contributed by atoms with van der Waals surface area (Å²) in [6.07, 6.45) is 0. The lowest BCUT2D eigenvalue weighted by Crippen LogP contribution is -2.57. The van der Waals surface area contributed by atoms with Gasteiger partial charge in [-0.3, -0.25) is 4.90 Å². The van der Waals surface area contributed by atoms with Gasteiger partial charge in [0.2, 0.25) is 10.0 Å². The molecule has 1 aliphatic rings. The second-order valence-electron chi connectivity index (χ2n) is 6.85. The summed E-state index contributed by atoms with van der Waals surface area (Å²) in [6.45, 7) is 6.00. The van der Waals surface area contributed by atoms with Gasteiger partial charge >= 0.3 is 0 Å². The number of piperazine rings is 1. The average Bonchev–Trinajstić information content (AvgIpc) is 2.65. The first-order chi connectivity index (χ1) is 12.4. The van der Waals surface area contributed by atoms with Crippen molar-refractivity contribution in [2.45, 2.75) is 37.4 Å². The van der Waals surface area contributed by atoms with Gasteiger partial charge in [-0.25, -0.2) is 8.42 Å². The lowest BCUT2D eigenvalue weighted by Gasteiger charge is -2.43. The maximum absolute atomic E-state index is 13.0. The number of sulfonamides is 1. The minimum absolute atomic E-state index is 0.145. The van der Waals surface area contributed by atoms with Crippen LogP contribution in [0, 0.1) is 0 Å². The van der Waals surface area contributed by atoms with E-state index >= 15 is 0 Å². The molecular formula is C20H26N2O3S. The van der Waals surface area contributed by atoms with Crippen LogP contribution in [0.3, 0.4) is 0 Å². The van der Waals surface area contributed by atoms with Crippen molar-refractivity contribution in [2.24, 2.45) is 0 Å². The lowest BCUT2D eigenvalue weighted by atomic mass is 10.1. The highest BCUT2D eigenvalue weighted by atomic mass is 32.2. The molecule has 1 heterocycles. The van der Waals surface area contributed by atoms with Crippen molar-refractivity contribution in [1.29, 1.82) is 0 Å². The zero-order valence-corrected chi connectivity index (χ0v) is 16.3. The quantitative estimate of drug-likeness (QED) is 0.807. The van der Waals surface area contributed by atoms with E-state index in [1.807, 2.05) is 18.2 Å². The molecule has 26 heavy (non-hydrogen) atoms. The fourth-order valence-electron chi connectivity index (χ4n) is 3.51. The Bertz CT molecular complexity index is 810. The topological polar surface area (TPSA) is 49.9 Å². The molecule has 0 aliphatic carbocycles. The number of hydrogen-bond donors (Lipinski definition) is 0. The predicted octanol–water partition coefficient (Wildman–Crippen LogP) is 2.98. The van der Waals surface area contributed by atoms with Gasteiger partial charge in [-0.15, -0.1) is 0 Å². The van der Waals surface area contributed by atoms with E-state index in [1.165, 1.54) is 5.56 Å². The first-order valence-corrected chi connectivity index (χ1v) is 10.3. The normalized spacial score (nSPS) is 22.3. The van der Waals surface area contributed by atoms with Crippen LogP contribution in [-0.4, -0.2) is 49.9 Å². The van der Waals surface area contributed by atoms with Crippen LogP contribution in [0.1, 0.15) is 19.4 Å². The molecule has 5 nitrogen and oxygen atoms in total. The summed E-state index contributed by atoms with van der Waals surface area (Å²) in [7, 11) is -1.93. The van der Waals surface area contributed by atoms with Crippen LogP contribution < -0.4 is 4.74 Å². The molecule has 2 aromatic carbocycles. The molecule has 3 rings (SSSR count). The van der Waals surface area contributed by atoms with E-state index in [-0.39, 0.29) is 12.1 Å². The second kappa shape index (κ2) is 7.78. The Morgan fingerprint density at radius 2 is 1.54 bits per heavy atom. The van der Waals surface area contributed by atoms with E-state index in [4.69, 9.17) is 4.74 Å². The van der Waals surface area contributed by atoms with Crippen molar-refractivity contribution >= 4 is 10.0 Å². The number of methoxy groups -OCH3 is 1. The van der Waals surface area contributed by atoms with Crippen molar-refractivity contribution in [2.75, 3.05) is 20.2 Å². The van der Waals surface area contributed by atoms with Gasteiger partial charge in [-0.1, -0.05) is 30.3 Å². The van der Waals surface area contributed by atoms with Gasteiger partial charge in [-0.2, -0.15) is 4.31 Å². The number of hydrogen-bond acceptors (Lipinski definition) is 4. The van der Waals surface area contributed by atoms with Gasteiger partial charge in [0.25, 0.3) is 0 Å². The minimum Gasteiger partial charge on any atom is -0.497 e. The Labute approximate surface area is 156 Å². The summed E-state index contributed by atoms with van der Waals surface area (Å²) in [6, 6.07) is 17.2. The van der Waals surface area contributed by atoms with Gasteiger partial charge in [0.15, 0.2) is 0 Å². The Hall–Kier alpha value is -1.89. The largest absolute Gasteiger partial charge is 0.497 e. The molecule has 0 bridgehead atoms. The molecule has 1 fully saturated rings. The maximum Gasteiger partial charge on any atom is 0.243 e. The molecule has 2 aromatic rings. The van der Waals surface area contributed by atoms with Gasteiger partial charge in [0.05, 0.1) is 12.0 Å². The third-order valence-electron chi connectivity index (χ3n) is 4.97. The molecule has 2 unspecified atom stereocenters. The van der Waals surface area contributed by atoms with E-state index in [1.54, 1.807) is 35.7 Å². The van der Waals surface area contributed by atoms with Crippen molar-refractivity contribution in [3.8, 4) is 5.75 Å². The molecule has 0 saturated carbocycles. The van der Waals surface area contributed by atoms with E-state index in [0.29, 0.717) is 23.7 Å². The van der Waals surface area contributed by atoms with Crippen molar-refractivity contribution in [3.05, 3.63) is 60.2 Å². The average molecular weight is 375 g/mol. The Kier molecular flexibility index (Phi) is 5.65. The summed E-state index contributed by atoms with van der Waals surface area (Å²) >= 11 is 0. The Morgan fingerprint density at radius 1 is 0.962 bits per heavy atom. The van der Waals surface area contributed by atoms with Crippen molar-refractivity contribution in [1.82, 2.24) is 9.21 Å². The number of rotatable bonds is 5. The molecule has 0 aromatic heterocycles. The molecular weight excluding hydrogens is 348 g/mol. The molecule has 1 saturated heterocycles. The van der Waals surface area contributed by atoms with Crippen LogP contribution in [0.25, 0.3) is 0 Å². The number of ether oxygens (including phenoxy) is 1. The van der Waals surface area contributed by atoms with E-state index < -0.39 is 10.0 Å². The zero-order valence-electron chi connectivity index (χ0n) is 15.5. The first kappa shape index (κ1) is 18.9. The first-order valence-electron chi connectivity index (χ1n) is 8.85. The highest BCUT2D eigenvalue weighted by molar-refractivity contribution is 7.89. The van der Waals surface area contributed by atoms with E-state index in [0.717, 1.165) is 6.54 Å². The van der Waals surface area contributed by atoms with E-state index in [2.05, 4.69) is 30.9 Å². The molecule has 0 amide bonds. The third kappa shape index (κ3) is 3.92. The molecule has 1 aliphatic heterocycles. The van der Waals surface area contributed by atoms with Gasteiger partial charge in [-0.05, 0) is 43.7 Å². The summed E-state index contributed by atoms with van der Waals surface area (Å²) < 4.78 is 32.7. The minimum atomic E-state index is -3.50. The summed E-state index contributed by atoms with van der Waals surface area (Å²) in [5.41, 5.74) is 1.25. The van der Waals surface area contributed by atoms with Gasteiger partial charge in [0, 0.05) is 31.7 Å². The van der Waals surface area contributed by atoms with Crippen LogP contribution in [-0.2, 0) is 16.6 Å². The number of nitrogens with zero attached hydrogens (tertiary/aromatic N) is 2. The summed E-state index contributed by atoms with van der Waals surface area (Å²) in [4.78, 5) is 2.68. The smallest absolute Gasteiger partial charge is 0.243 e. The van der Waals surface area contributed by atoms with Gasteiger partial charge in [0.1, 0.15) is 5.75 Å². The van der Waals surface area contributed by atoms with Crippen LogP contribution in [0.5, 0.6) is 5.75 Å². The van der Waals surface area contributed by atoms with Crippen molar-refractivity contribution in [3.63, 3.8) is 0 Å². The van der Waals surface area contributed by atoms with Crippen molar-refractivity contribution < 1.29 is 13.2 Å². The fraction of sp³-hybridized carbons (Fsp3) is 0.400. The molecule has 6 heteroatoms. The molecule has 2 atom stereocenters. The van der Waals surface area contributed by atoms with Crippen LogP contribution >= 0.6 is 0 Å². The summed E-state index contributed by atoms with van der Waals surface area (Å²) in [5, 5.41) is 0. The highest BCUT2D eigenvalue weighted by Gasteiger charge is 2.36. The van der Waals surface area contributed by atoms with E-state index in [9.17, 15) is 8.42 Å². The third-order valence-corrected chi connectivity index (χ3v) is 6.82. The maximum atomic E-state index is 13.0. The monoisotopic (exact) mass is 374 g/mol. The Morgan fingerprint density at radius 3 is 2.08 bits per heavy atom. The molecule has 0 radical (unpaired) electrons. The Balaban J connectivity index is 1.75. The van der Waals surface area contributed by atoms with Crippen LogP contribution in [0.15, 0.2) is 59.5 Å². The van der Waals surface area contributed by atoms with Crippen LogP contribution in [0.2, 0.25) is 0 Å². The lowest BCUT2D eigenvalue weighted by molar-refractivity contribution is 0.0699. The molecule has 140 valence electrons. The standard InChI is InChI=1S/C20H26N2O3S/c1-16-13-21(26(23,24)20-11-9-19(25-3)10-12-20)14-17(2)22(16)15-18-7-5-4-6-8-18/h4-12,16-17H,13-15H2,1-3H3. The fourth-order valence-corrected chi connectivity index (χ4v) is 5.11. The van der Waals surface area contributed by atoms with Gasteiger partial charge < -0.3 is 4.74 Å². The molecule has 0 spiro atoms.